The Labute approximate surface area is 157 Å². The van der Waals surface area contributed by atoms with Gasteiger partial charge in [-0.3, -0.25) is 9.88 Å². The number of rotatable bonds is 5. The standard InChI is InChI=1S/C23H30N2O/c1-16-7-10-25(11-8-16)15-18-6-9-24-22(12-18)20-13-21(19-4-5-19)17(2)23(14-20)26-3/h6,9,12-14,16,19H,4-5,7-8,10-11,15H2,1-3H3. The molecule has 138 valence electrons. The van der Waals surface area contributed by atoms with Gasteiger partial charge in [0.05, 0.1) is 12.8 Å². The number of piperidine rings is 1. The monoisotopic (exact) mass is 350 g/mol. The van der Waals surface area contributed by atoms with Crippen LogP contribution in [0.3, 0.4) is 0 Å². The summed E-state index contributed by atoms with van der Waals surface area (Å²) in [6.07, 6.45) is 7.19. The summed E-state index contributed by atoms with van der Waals surface area (Å²) < 4.78 is 5.65. The maximum absolute atomic E-state index is 5.65. The van der Waals surface area contributed by atoms with E-state index >= 15 is 0 Å². The van der Waals surface area contributed by atoms with Gasteiger partial charge in [-0.1, -0.05) is 6.92 Å². The summed E-state index contributed by atoms with van der Waals surface area (Å²) >= 11 is 0. The maximum atomic E-state index is 5.65. The molecule has 0 amide bonds. The van der Waals surface area contributed by atoms with Crippen LogP contribution >= 0.6 is 0 Å². The highest BCUT2D eigenvalue weighted by atomic mass is 16.5. The molecule has 0 N–H and O–H groups in total. The molecule has 1 saturated carbocycles. The molecule has 2 aromatic rings. The SMILES string of the molecule is COc1cc(-c2cc(CN3CCC(C)CC3)ccn2)cc(C2CC2)c1C. The molecule has 4 rings (SSSR count). The average Bonchev–Trinajstić information content (AvgIpc) is 3.49. The Morgan fingerprint density at radius 2 is 1.88 bits per heavy atom. The van der Waals surface area contributed by atoms with Crippen molar-refractivity contribution in [1.29, 1.82) is 0 Å². The van der Waals surface area contributed by atoms with Crippen molar-refractivity contribution in [3.63, 3.8) is 0 Å². The van der Waals surface area contributed by atoms with Crippen molar-refractivity contribution in [2.75, 3.05) is 20.2 Å². The fourth-order valence-corrected chi connectivity index (χ4v) is 4.10. The zero-order valence-corrected chi connectivity index (χ0v) is 16.3. The summed E-state index contributed by atoms with van der Waals surface area (Å²) in [7, 11) is 1.77. The highest BCUT2D eigenvalue weighted by Gasteiger charge is 2.27. The van der Waals surface area contributed by atoms with Gasteiger partial charge in [0.25, 0.3) is 0 Å². The van der Waals surface area contributed by atoms with E-state index in [1.54, 1.807) is 7.11 Å². The highest BCUT2D eigenvalue weighted by Crippen LogP contribution is 2.45. The molecule has 2 aliphatic rings. The van der Waals surface area contributed by atoms with Crippen LogP contribution in [0.2, 0.25) is 0 Å². The number of ether oxygens (including phenoxy) is 1. The third-order valence-electron chi connectivity index (χ3n) is 6.04. The molecule has 0 spiro atoms. The van der Waals surface area contributed by atoms with E-state index in [9.17, 15) is 0 Å². The van der Waals surface area contributed by atoms with E-state index in [1.165, 1.54) is 61.0 Å². The van der Waals surface area contributed by atoms with Gasteiger partial charge in [0.15, 0.2) is 0 Å². The van der Waals surface area contributed by atoms with Crippen LogP contribution in [0, 0.1) is 12.8 Å². The fourth-order valence-electron chi connectivity index (χ4n) is 4.10. The minimum absolute atomic E-state index is 0.711. The molecular weight excluding hydrogens is 320 g/mol. The van der Waals surface area contributed by atoms with Crippen LogP contribution in [0.15, 0.2) is 30.5 Å². The zero-order chi connectivity index (χ0) is 18.1. The maximum Gasteiger partial charge on any atom is 0.122 e. The summed E-state index contributed by atoms with van der Waals surface area (Å²) in [6, 6.07) is 8.91. The van der Waals surface area contributed by atoms with Crippen LogP contribution in [0.25, 0.3) is 11.3 Å². The number of aromatic nitrogens is 1. The number of likely N-dealkylation sites (tertiary alicyclic amines) is 1. The number of hydrogen-bond donors (Lipinski definition) is 0. The topological polar surface area (TPSA) is 25.4 Å². The minimum Gasteiger partial charge on any atom is -0.496 e. The molecule has 1 aromatic heterocycles. The molecule has 1 aromatic carbocycles. The lowest BCUT2D eigenvalue weighted by atomic mass is 9.97. The molecule has 0 unspecified atom stereocenters. The van der Waals surface area contributed by atoms with E-state index in [1.807, 2.05) is 6.20 Å². The second-order valence-electron chi connectivity index (χ2n) is 8.18. The van der Waals surface area contributed by atoms with Crippen LogP contribution in [0.1, 0.15) is 55.2 Å². The number of methoxy groups -OCH3 is 1. The Morgan fingerprint density at radius 1 is 1.12 bits per heavy atom. The van der Waals surface area contributed by atoms with Crippen LogP contribution in [-0.2, 0) is 6.54 Å². The summed E-state index contributed by atoms with van der Waals surface area (Å²) in [5, 5.41) is 0. The molecule has 1 saturated heterocycles. The van der Waals surface area contributed by atoms with Crippen LogP contribution in [0.4, 0.5) is 0 Å². The lowest BCUT2D eigenvalue weighted by Crippen LogP contribution is -2.32. The molecule has 0 radical (unpaired) electrons. The third-order valence-corrected chi connectivity index (χ3v) is 6.04. The van der Waals surface area contributed by atoms with Gasteiger partial charge in [-0.25, -0.2) is 0 Å². The molecule has 1 aliphatic carbocycles. The Bertz CT molecular complexity index is 774. The Kier molecular flexibility index (Phi) is 4.99. The van der Waals surface area contributed by atoms with Crippen molar-refractivity contribution < 1.29 is 4.74 Å². The molecule has 2 heterocycles. The van der Waals surface area contributed by atoms with E-state index in [0.717, 1.165) is 23.9 Å². The predicted octanol–water partition coefficient (Wildman–Crippen LogP) is 5.17. The Morgan fingerprint density at radius 3 is 2.58 bits per heavy atom. The van der Waals surface area contributed by atoms with Gasteiger partial charge in [0.1, 0.15) is 5.75 Å². The fraction of sp³-hybridized carbons (Fsp3) is 0.522. The second-order valence-corrected chi connectivity index (χ2v) is 8.18. The van der Waals surface area contributed by atoms with Gasteiger partial charge in [-0.05, 0) is 98.5 Å². The smallest absolute Gasteiger partial charge is 0.122 e. The van der Waals surface area contributed by atoms with Gasteiger partial charge >= 0.3 is 0 Å². The number of benzene rings is 1. The molecule has 0 bridgehead atoms. The van der Waals surface area contributed by atoms with Crippen LogP contribution in [0.5, 0.6) is 5.75 Å². The molecular formula is C23H30N2O. The molecule has 3 nitrogen and oxygen atoms in total. The molecule has 0 atom stereocenters. The van der Waals surface area contributed by atoms with Crippen molar-refractivity contribution >= 4 is 0 Å². The quantitative estimate of drug-likeness (QED) is 0.743. The van der Waals surface area contributed by atoms with Gasteiger partial charge in [0, 0.05) is 18.3 Å². The average molecular weight is 351 g/mol. The van der Waals surface area contributed by atoms with Crippen molar-refractivity contribution in [1.82, 2.24) is 9.88 Å². The predicted molar refractivity (Wildman–Crippen MR) is 107 cm³/mol. The first-order chi connectivity index (χ1) is 12.6. The van der Waals surface area contributed by atoms with Gasteiger partial charge < -0.3 is 4.74 Å². The summed E-state index contributed by atoms with van der Waals surface area (Å²) in [6.45, 7) is 7.99. The number of pyridine rings is 1. The zero-order valence-electron chi connectivity index (χ0n) is 16.3. The number of hydrogen-bond acceptors (Lipinski definition) is 3. The van der Waals surface area contributed by atoms with Crippen molar-refractivity contribution in [3.05, 3.63) is 47.2 Å². The molecule has 1 aliphatic heterocycles. The van der Waals surface area contributed by atoms with E-state index < -0.39 is 0 Å². The summed E-state index contributed by atoms with van der Waals surface area (Å²) in [5.74, 6) is 2.57. The van der Waals surface area contributed by atoms with Gasteiger partial charge in [-0.15, -0.1) is 0 Å². The van der Waals surface area contributed by atoms with E-state index in [-0.39, 0.29) is 0 Å². The first-order valence-corrected chi connectivity index (χ1v) is 10.00. The normalized spacial score (nSPS) is 18.9. The van der Waals surface area contributed by atoms with Crippen molar-refractivity contribution in [2.45, 2.75) is 52.0 Å². The largest absolute Gasteiger partial charge is 0.496 e. The molecule has 2 fully saturated rings. The summed E-state index contributed by atoms with van der Waals surface area (Å²) in [4.78, 5) is 7.24. The number of nitrogens with zero attached hydrogens (tertiary/aromatic N) is 2. The highest BCUT2D eigenvalue weighted by molar-refractivity contribution is 5.65. The molecule has 26 heavy (non-hydrogen) atoms. The van der Waals surface area contributed by atoms with E-state index in [4.69, 9.17) is 4.74 Å². The summed E-state index contributed by atoms with van der Waals surface area (Å²) in [5.41, 5.74) is 6.34. The first-order valence-electron chi connectivity index (χ1n) is 10.00. The lowest BCUT2D eigenvalue weighted by molar-refractivity contribution is 0.185. The Balaban J connectivity index is 1.59. The van der Waals surface area contributed by atoms with E-state index in [0.29, 0.717) is 5.92 Å². The van der Waals surface area contributed by atoms with Crippen molar-refractivity contribution in [3.8, 4) is 17.0 Å². The minimum atomic E-state index is 0.711. The second kappa shape index (κ2) is 7.40. The third kappa shape index (κ3) is 3.78. The van der Waals surface area contributed by atoms with Crippen LogP contribution in [-0.4, -0.2) is 30.1 Å². The Hall–Kier alpha value is -1.87. The van der Waals surface area contributed by atoms with Gasteiger partial charge in [-0.2, -0.15) is 0 Å². The first kappa shape index (κ1) is 17.5. The molecule has 3 heteroatoms. The van der Waals surface area contributed by atoms with Crippen molar-refractivity contribution in [2.24, 2.45) is 5.92 Å². The lowest BCUT2D eigenvalue weighted by Gasteiger charge is -2.30. The van der Waals surface area contributed by atoms with Gasteiger partial charge in [0.2, 0.25) is 0 Å². The van der Waals surface area contributed by atoms with Crippen LogP contribution < -0.4 is 4.74 Å². The van der Waals surface area contributed by atoms with E-state index in [2.05, 4.69) is 48.0 Å².